The van der Waals surface area contributed by atoms with Crippen molar-refractivity contribution in [2.75, 3.05) is 0 Å². The van der Waals surface area contributed by atoms with Gasteiger partial charge in [0.1, 0.15) is 5.01 Å². The highest BCUT2D eigenvalue weighted by atomic mass is 32.1. The molecule has 2 aromatic rings. The molecule has 1 atom stereocenters. The Morgan fingerprint density at radius 3 is 3.00 bits per heavy atom. The molecule has 1 unspecified atom stereocenters. The fourth-order valence-corrected chi connectivity index (χ4v) is 2.97. The minimum absolute atomic E-state index is 0.520. The van der Waals surface area contributed by atoms with Gasteiger partial charge in [0.25, 0.3) is 0 Å². The van der Waals surface area contributed by atoms with Crippen molar-refractivity contribution < 1.29 is 0 Å². The second kappa shape index (κ2) is 3.43. The molecule has 3 heteroatoms. The Morgan fingerprint density at radius 1 is 1.40 bits per heavy atom. The largest absolute Gasteiger partial charge is 0.326 e. The number of nitrogens with two attached hydrogens (primary N) is 1. The first-order valence-corrected chi connectivity index (χ1v) is 5.92. The third kappa shape index (κ3) is 1.39. The molecule has 0 aliphatic heterocycles. The smallest absolute Gasteiger partial charge is 0.101 e. The van der Waals surface area contributed by atoms with Crippen molar-refractivity contribution in [2.24, 2.45) is 5.73 Å². The Balaban J connectivity index is 1.93. The third-order valence-electron chi connectivity index (χ3n) is 2.93. The Bertz CT molecular complexity index is 490. The van der Waals surface area contributed by atoms with Crippen LogP contribution in [0.1, 0.15) is 26.9 Å². The molecule has 2 N–H and O–H groups in total. The van der Waals surface area contributed by atoms with Crippen molar-refractivity contribution in [1.82, 2.24) is 4.98 Å². The van der Waals surface area contributed by atoms with Crippen LogP contribution in [0, 0.1) is 0 Å². The van der Waals surface area contributed by atoms with Gasteiger partial charge >= 0.3 is 0 Å². The van der Waals surface area contributed by atoms with Crippen LogP contribution in [0.15, 0.2) is 30.5 Å². The summed E-state index contributed by atoms with van der Waals surface area (Å²) < 4.78 is 0. The van der Waals surface area contributed by atoms with Gasteiger partial charge in [0.15, 0.2) is 0 Å². The highest BCUT2D eigenvalue weighted by Gasteiger charge is 2.28. The Kier molecular flexibility index (Phi) is 2.08. The maximum absolute atomic E-state index is 5.59. The Morgan fingerprint density at radius 2 is 2.27 bits per heavy atom. The van der Waals surface area contributed by atoms with Crippen molar-refractivity contribution in [3.05, 3.63) is 51.5 Å². The molecule has 15 heavy (non-hydrogen) atoms. The van der Waals surface area contributed by atoms with Gasteiger partial charge in [-0.1, -0.05) is 24.3 Å². The van der Waals surface area contributed by atoms with Crippen molar-refractivity contribution >= 4 is 11.3 Å². The van der Waals surface area contributed by atoms with E-state index in [0.717, 1.165) is 6.42 Å². The molecule has 1 aliphatic carbocycles. The van der Waals surface area contributed by atoms with E-state index in [2.05, 4.69) is 29.2 Å². The number of rotatable bonds is 2. The number of thiazole rings is 1. The first-order chi connectivity index (χ1) is 7.38. The quantitative estimate of drug-likeness (QED) is 0.836. The molecule has 2 nitrogen and oxygen atoms in total. The fourth-order valence-electron chi connectivity index (χ4n) is 2.06. The summed E-state index contributed by atoms with van der Waals surface area (Å²) >= 11 is 1.74. The Labute approximate surface area is 92.8 Å². The molecule has 1 aromatic heterocycles. The zero-order valence-corrected chi connectivity index (χ0v) is 9.13. The van der Waals surface area contributed by atoms with Crippen LogP contribution in [0.3, 0.4) is 0 Å². The van der Waals surface area contributed by atoms with Crippen molar-refractivity contribution in [2.45, 2.75) is 18.9 Å². The van der Waals surface area contributed by atoms with Gasteiger partial charge in [-0.3, -0.25) is 0 Å². The van der Waals surface area contributed by atoms with Crippen LogP contribution in [0.25, 0.3) is 0 Å². The molecule has 3 rings (SSSR count). The SMILES string of the molecule is NCc1cnc(C2Cc3ccccc32)s1. The van der Waals surface area contributed by atoms with Gasteiger partial charge in [-0.2, -0.15) is 0 Å². The van der Waals surface area contributed by atoms with Gasteiger partial charge in [-0.05, 0) is 17.5 Å². The zero-order chi connectivity index (χ0) is 10.3. The molecular weight excluding hydrogens is 204 g/mol. The van der Waals surface area contributed by atoms with E-state index in [1.807, 2.05) is 6.20 Å². The van der Waals surface area contributed by atoms with Gasteiger partial charge in [0.2, 0.25) is 0 Å². The number of hydrogen-bond donors (Lipinski definition) is 1. The molecular formula is C12H12N2S. The molecule has 0 radical (unpaired) electrons. The topological polar surface area (TPSA) is 38.9 Å². The van der Waals surface area contributed by atoms with E-state index in [1.54, 1.807) is 11.3 Å². The van der Waals surface area contributed by atoms with E-state index in [4.69, 9.17) is 5.73 Å². The van der Waals surface area contributed by atoms with Crippen LogP contribution in [0.2, 0.25) is 0 Å². The predicted octanol–water partition coefficient (Wildman–Crippen LogP) is 2.29. The van der Waals surface area contributed by atoms with E-state index in [9.17, 15) is 0 Å². The van der Waals surface area contributed by atoms with Crippen LogP contribution >= 0.6 is 11.3 Å². The molecule has 1 aromatic carbocycles. The maximum atomic E-state index is 5.59. The van der Waals surface area contributed by atoms with Crippen molar-refractivity contribution in [3.8, 4) is 0 Å². The lowest BCUT2D eigenvalue weighted by Gasteiger charge is -2.28. The standard InChI is InChI=1S/C12H12N2S/c13-6-9-7-14-12(15-9)11-5-8-3-1-2-4-10(8)11/h1-4,7,11H,5-6,13H2. The van der Waals surface area contributed by atoms with E-state index in [1.165, 1.54) is 21.0 Å². The highest BCUT2D eigenvalue weighted by molar-refractivity contribution is 7.11. The predicted molar refractivity (Wildman–Crippen MR) is 62.0 cm³/mol. The van der Waals surface area contributed by atoms with Gasteiger partial charge in [-0.15, -0.1) is 11.3 Å². The summed E-state index contributed by atoms with van der Waals surface area (Å²) in [6, 6.07) is 8.60. The van der Waals surface area contributed by atoms with Crippen LogP contribution in [0.5, 0.6) is 0 Å². The van der Waals surface area contributed by atoms with E-state index < -0.39 is 0 Å². The lowest BCUT2D eigenvalue weighted by Crippen LogP contribution is -2.17. The highest BCUT2D eigenvalue weighted by Crippen LogP contribution is 2.41. The van der Waals surface area contributed by atoms with Crippen LogP contribution in [0.4, 0.5) is 0 Å². The number of benzene rings is 1. The molecule has 0 saturated carbocycles. The molecule has 0 saturated heterocycles. The van der Waals surface area contributed by atoms with E-state index >= 15 is 0 Å². The monoisotopic (exact) mass is 216 g/mol. The van der Waals surface area contributed by atoms with Gasteiger partial charge in [-0.25, -0.2) is 4.98 Å². The van der Waals surface area contributed by atoms with Crippen LogP contribution < -0.4 is 5.73 Å². The number of aromatic nitrogens is 1. The molecule has 1 aliphatic rings. The lowest BCUT2D eigenvalue weighted by molar-refractivity contribution is 0.702. The van der Waals surface area contributed by atoms with Crippen LogP contribution in [-0.4, -0.2) is 4.98 Å². The average molecular weight is 216 g/mol. The zero-order valence-electron chi connectivity index (χ0n) is 8.31. The number of hydrogen-bond acceptors (Lipinski definition) is 3. The first kappa shape index (κ1) is 9.07. The number of fused-ring (bicyclic) bond motifs is 1. The average Bonchev–Trinajstić information content (AvgIpc) is 2.68. The van der Waals surface area contributed by atoms with Crippen LogP contribution in [-0.2, 0) is 13.0 Å². The summed E-state index contributed by atoms with van der Waals surface area (Å²) in [6.45, 7) is 0.603. The Hall–Kier alpha value is -1.19. The van der Waals surface area contributed by atoms with Gasteiger partial charge < -0.3 is 5.73 Å². The van der Waals surface area contributed by atoms with E-state index in [-0.39, 0.29) is 0 Å². The molecule has 0 amide bonds. The van der Waals surface area contributed by atoms with Gasteiger partial charge in [0, 0.05) is 23.5 Å². The van der Waals surface area contributed by atoms with Crippen molar-refractivity contribution in [3.63, 3.8) is 0 Å². The summed E-state index contributed by atoms with van der Waals surface area (Å²) in [7, 11) is 0. The summed E-state index contributed by atoms with van der Waals surface area (Å²) in [5, 5.41) is 1.22. The van der Waals surface area contributed by atoms with E-state index in [0.29, 0.717) is 12.5 Å². The third-order valence-corrected chi connectivity index (χ3v) is 4.06. The van der Waals surface area contributed by atoms with Gasteiger partial charge in [0.05, 0.1) is 0 Å². The summed E-state index contributed by atoms with van der Waals surface area (Å²) in [5.41, 5.74) is 8.49. The normalized spacial score (nSPS) is 18.3. The first-order valence-electron chi connectivity index (χ1n) is 5.11. The molecule has 1 heterocycles. The molecule has 0 bridgehead atoms. The fraction of sp³-hybridized carbons (Fsp3) is 0.250. The minimum Gasteiger partial charge on any atom is -0.326 e. The molecule has 0 spiro atoms. The second-order valence-corrected chi connectivity index (χ2v) is 4.97. The molecule has 0 fully saturated rings. The second-order valence-electron chi connectivity index (χ2n) is 3.82. The minimum atomic E-state index is 0.520. The molecule has 76 valence electrons. The summed E-state index contributed by atoms with van der Waals surface area (Å²) in [6.07, 6.45) is 3.04. The van der Waals surface area contributed by atoms with Crippen molar-refractivity contribution in [1.29, 1.82) is 0 Å². The summed E-state index contributed by atoms with van der Waals surface area (Å²) in [4.78, 5) is 5.62. The summed E-state index contributed by atoms with van der Waals surface area (Å²) in [5.74, 6) is 0.520. The maximum Gasteiger partial charge on any atom is 0.101 e. The number of nitrogens with zero attached hydrogens (tertiary/aromatic N) is 1. The lowest BCUT2D eigenvalue weighted by atomic mass is 9.78.